The number of fused-ring (bicyclic) bond motifs is 1. The molecule has 0 saturated carbocycles. The lowest BCUT2D eigenvalue weighted by atomic mass is 10.1. The SMILES string of the molecule is CCCC(CC)Nc1ncnc2c(F)cccc12. The Hall–Kier alpha value is -1.71. The lowest BCUT2D eigenvalue weighted by Gasteiger charge is -2.17. The van der Waals surface area contributed by atoms with Crippen LogP contribution in [0, 0.1) is 5.82 Å². The van der Waals surface area contributed by atoms with Gasteiger partial charge in [0.2, 0.25) is 0 Å². The van der Waals surface area contributed by atoms with Crippen LogP contribution in [0.5, 0.6) is 0 Å². The number of rotatable bonds is 5. The molecule has 96 valence electrons. The van der Waals surface area contributed by atoms with Gasteiger partial charge in [-0.05, 0) is 25.0 Å². The Morgan fingerprint density at radius 1 is 1.28 bits per heavy atom. The van der Waals surface area contributed by atoms with Gasteiger partial charge in [-0.15, -0.1) is 0 Å². The van der Waals surface area contributed by atoms with Gasteiger partial charge in [-0.2, -0.15) is 0 Å². The van der Waals surface area contributed by atoms with Gasteiger partial charge >= 0.3 is 0 Å². The van der Waals surface area contributed by atoms with Crippen molar-refractivity contribution in [2.45, 2.75) is 39.2 Å². The van der Waals surface area contributed by atoms with Gasteiger partial charge in [0.05, 0.1) is 0 Å². The molecular formula is C14H18FN3. The van der Waals surface area contributed by atoms with E-state index in [-0.39, 0.29) is 5.82 Å². The molecule has 3 nitrogen and oxygen atoms in total. The predicted molar refractivity (Wildman–Crippen MR) is 72.1 cm³/mol. The van der Waals surface area contributed by atoms with Crippen molar-refractivity contribution >= 4 is 16.7 Å². The lowest BCUT2D eigenvalue weighted by molar-refractivity contribution is 0.620. The molecule has 4 heteroatoms. The van der Waals surface area contributed by atoms with Gasteiger partial charge in [0.1, 0.15) is 23.5 Å². The second-order valence-corrected chi connectivity index (χ2v) is 4.40. The van der Waals surface area contributed by atoms with E-state index in [1.165, 1.54) is 12.4 Å². The zero-order valence-electron chi connectivity index (χ0n) is 10.8. The summed E-state index contributed by atoms with van der Waals surface area (Å²) in [5.74, 6) is 0.418. The number of anilines is 1. The third-order valence-electron chi connectivity index (χ3n) is 3.09. The summed E-state index contributed by atoms with van der Waals surface area (Å²) in [6, 6.07) is 5.32. The Morgan fingerprint density at radius 2 is 2.11 bits per heavy atom. The zero-order valence-corrected chi connectivity index (χ0v) is 10.8. The number of hydrogen-bond acceptors (Lipinski definition) is 3. The smallest absolute Gasteiger partial charge is 0.149 e. The van der Waals surface area contributed by atoms with E-state index in [0.717, 1.165) is 30.5 Å². The molecule has 0 aliphatic heterocycles. The molecule has 0 radical (unpaired) electrons. The minimum atomic E-state index is -0.304. The summed E-state index contributed by atoms with van der Waals surface area (Å²) in [6.45, 7) is 4.29. The first-order chi connectivity index (χ1) is 8.76. The van der Waals surface area contributed by atoms with E-state index in [0.29, 0.717) is 11.6 Å². The van der Waals surface area contributed by atoms with Crippen molar-refractivity contribution < 1.29 is 4.39 Å². The van der Waals surface area contributed by atoms with Gasteiger partial charge in [0.25, 0.3) is 0 Å². The van der Waals surface area contributed by atoms with E-state index in [2.05, 4.69) is 29.1 Å². The zero-order chi connectivity index (χ0) is 13.0. The van der Waals surface area contributed by atoms with E-state index < -0.39 is 0 Å². The summed E-state index contributed by atoms with van der Waals surface area (Å²) in [4.78, 5) is 8.22. The number of aromatic nitrogens is 2. The monoisotopic (exact) mass is 247 g/mol. The van der Waals surface area contributed by atoms with Crippen LogP contribution in [-0.4, -0.2) is 16.0 Å². The van der Waals surface area contributed by atoms with Crippen molar-refractivity contribution in [3.8, 4) is 0 Å². The molecule has 0 fully saturated rings. The van der Waals surface area contributed by atoms with Crippen LogP contribution in [-0.2, 0) is 0 Å². The van der Waals surface area contributed by atoms with Crippen LogP contribution in [0.2, 0.25) is 0 Å². The first-order valence-corrected chi connectivity index (χ1v) is 6.42. The highest BCUT2D eigenvalue weighted by atomic mass is 19.1. The van der Waals surface area contributed by atoms with Crippen molar-refractivity contribution in [2.75, 3.05) is 5.32 Å². The highest BCUT2D eigenvalue weighted by Gasteiger charge is 2.10. The highest BCUT2D eigenvalue weighted by molar-refractivity contribution is 5.89. The molecule has 1 heterocycles. The standard InChI is InChI=1S/C14H18FN3/c1-3-6-10(4-2)18-14-11-7-5-8-12(15)13(11)16-9-17-14/h5,7-10H,3-4,6H2,1-2H3,(H,16,17,18). The molecule has 1 aromatic carbocycles. The van der Waals surface area contributed by atoms with Gasteiger partial charge in [-0.1, -0.05) is 26.3 Å². The summed E-state index contributed by atoms with van der Waals surface area (Å²) in [5.41, 5.74) is 0.376. The lowest BCUT2D eigenvalue weighted by Crippen LogP contribution is -2.19. The number of benzene rings is 1. The normalized spacial score (nSPS) is 12.6. The van der Waals surface area contributed by atoms with E-state index in [1.807, 2.05) is 6.07 Å². The Kier molecular flexibility index (Phi) is 4.07. The second kappa shape index (κ2) is 5.76. The Labute approximate surface area is 106 Å². The van der Waals surface area contributed by atoms with Crippen molar-refractivity contribution in [1.29, 1.82) is 0 Å². The van der Waals surface area contributed by atoms with Crippen molar-refractivity contribution in [2.24, 2.45) is 0 Å². The largest absolute Gasteiger partial charge is 0.367 e. The molecule has 0 spiro atoms. The maximum atomic E-state index is 13.6. The van der Waals surface area contributed by atoms with Crippen molar-refractivity contribution in [3.63, 3.8) is 0 Å². The van der Waals surface area contributed by atoms with Crippen molar-refractivity contribution in [3.05, 3.63) is 30.3 Å². The number of nitrogens with one attached hydrogen (secondary N) is 1. The fraction of sp³-hybridized carbons (Fsp3) is 0.429. The van der Waals surface area contributed by atoms with E-state index in [4.69, 9.17) is 0 Å². The molecule has 2 aromatic rings. The Bertz CT molecular complexity index is 527. The molecule has 0 aliphatic carbocycles. The van der Waals surface area contributed by atoms with Crippen LogP contribution in [0.25, 0.3) is 10.9 Å². The van der Waals surface area contributed by atoms with Gasteiger partial charge < -0.3 is 5.32 Å². The van der Waals surface area contributed by atoms with Gasteiger partial charge in [0.15, 0.2) is 0 Å². The molecule has 0 bridgehead atoms. The molecule has 0 amide bonds. The predicted octanol–water partition coefficient (Wildman–Crippen LogP) is 3.76. The summed E-state index contributed by atoms with van der Waals surface area (Å²) in [5, 5.41) is 4.12. The maximum Gasteiger partial charge on any atom is 0.149 e. The van der Waals surface area contributed by atoms with Gasteiger partial charge in [0, 0.05) is 11.4 Å². The van der Waals surface area contributed by atoms with Crippen LogP contribution >= 0.6 is 0 Å². The molecule has 0 saturated heterocycles. The molecule has 1 aromatic heterocycles. The fourth-order valence-corrected chi connectivity index (χ4v) is 2.09. The highest BCUT2D eigenvalue weighted by Crippen LogP contribution is 2.22. The van der Waals surface area contributed by atoms with E-state index in [9.17, 15) is 4.39 Å². The Balaban J connectivity index is 2.36. The van der Waals surface area contributed by atoms with Crippen LogP contribution < -0.4 is 5.32 Å². The molecule has 1 atom stereocenters. The molecule has 1 unspecified atom stereocenters. The van der Waals surface area contributed by atoms with Gasteiger partial charge in [-0.25, -0.2) is 14.4 Å². The number of hydrogen-bond donors (Lipinski definition) is 1. The van der Waals surface area contributed by atoms with Crippen molar-refractivity contribution in [1.82, 2.24) is 9.97 Å². The molecule has 1 N–H and O–H groups in total. The topological polar surface area (TPSA) is 37.8 Å². The summed E-state index contributed by atoms with van der Waals surface area (Å²) in [6.07, 6.45) is 4.63. The third kappa shape index (κ3) is 2.58. The average Bonchev–Trinajstić information content (AvgIpc) is 2.39. The Morgan fingerprint density at radius 3 is 2.83 bits per heavy atom. The van der Waals surface area contributed by atoms with E-state index in [1.54, 1.807) is 6.07 Å². The quantitative estimate of drug-likeness (QED) is 0.874. The van der Waals surface area contributed by atoms with Crippen LogP contribution in [0.4, 0.5) is 10.2 Å². The second-order valence-electron chi connectivity index (χ2n) is 4.40. The first-order valence-electron chi connectivity index (χ1n) is 6.42. The number of halogens is 1. The minimum Gasteiger partial charge on any atom is -0.367 e. The summed E-state index contributed by atoms with van der Waals surface area (Å²) >= 11 is 0. The molecule has 0 aliphatic rings. The fourth-order valence-electron chi connectivity index (χ4n) is 2.09. The molecular weight excluding hydrogens is 229 g/mol. The van der Waals surface area contributed by atoms with Crippen LogP contribution in [0.3, 0.4) is 0 Å². The average molecular weight is 247 g/mol. The minimum absolute atomic E-state index is 0.304. The first kappa shape index (κ1) is 12.7. The van der Waals surface area contributed by atoms with Crippen LogP contribution in [0.15, 0.2) is 24.5 Å². The molecule has 2 rings (SSSR count). The number of nitrogens with zero attached hydrogens (tertiary/aromatic N) is 2. The van der Waals surface area contributed by atoms with E-state index >= 15 is 0 Å². The third-order valence-corrected chi connectivity index (χ3v) is 3.09. The maximum absolute atomic E-state index is 13.6. The summed E-state index contributed by atoms with van der Waals surface area (Å²) in [7, 11) is 0. The van der Waals surface area contributed by atoms with Gasteiger partial charge in [-0.3, -0.25) is 0 Å². The van der Waals surface area contributed by atoms with Crippen LogP contribution in [0.1, 0.15) is 33.1 Å². The number of para-hydroxylation sites is 1. The molecule has 18 heavy (non-hydrogen) atoms. The summed E-state index contributed by atoms with van der Waals surface area (Å²) < 4.78 is 13.6.